The highest BCUT2D eigenvalue weighted by molar-refractivity contribution is 7.99. The molecule has 1 unspecified atom stereocenters. The molecule has 0 aliphatic carbocycles. The Labute approximate surface area is 115 Å². The fraction of sp³-hybridized carbons (Fsp3) is 0.214. The van der Waals surface area contributed by atoms with E-state index in [-0.39, 0.29) is 11.4 Å². The summed E-state index contributed by atoms with van der Waals surface area (Å²) in [5.74, 6) is 1.75. The number of urea groups is 1. The Hall–Kier alpha value is -1.88. The van der Waals surface area contributed by atoms with Gasteiger partial charge in [-0.1, -0.05) is 18.2 Å². The first kappa shape index (κ1) is 12.2. The lowest BCUT2D eigenvalue weighted by molar-refractivity contribution is 0.210. The number of thioether (sulfide) groups is 1. The molecule has 5 heteroatoms. The van der Waals surface area contributed by atoms with E-state index in [1.165, 1.54) is 0 Å². The monoisotopic (exact) mass is 274 g/mol. The van der Waals surface area contributed by atoms with Crippen molar-refractivity contribution < 1.29 is 9.21 Å². The Morgan fingerprint density at radius 2 is 2.11 bits per heavy atom. The van der Waals surface area contributed by atoms with Crippen molar-refractivity contribution in [1.29, 1.82) is 0 Å². The molecule has 3 rings (SSSR count). The van der Waals surface area contributed by atoms with E-state index < -0.39 is 0 Å². The highest BCUT2D eigenvalue weighted by Gasteiger charge is 2.32. The van der Waals surface area contributed by atoms with Gasteiger partial charge in [0.2, 0.25) is 0 Å². The fourth-order valence-corrected chi connectivity index (χ4v) is 3.27. The highest BCUT2D eigenvalue weighted by atomic mass is 32.2. The molecule has 1 atom stereocenters. The van der Waals surface area contributed by atoms with Crippen molar-refractivity contribution in [2.24, 2.45) is 0 Å². The van der Waals surface area contributed by atoms with Gasteiger partial charge in [0.05, 0.1) is 6.26 Å². The summed E-state index contributed by atoms with van der Waals surface area (Å²) in [4.78, 5) is 14.1. The van der Waals surface area contributed by atoms with Gasteiger partial charge in [0.15, 0.2) is 0 Å². The number of anilines is 1. The van der Waals surface area contributed by atoms with Crippen LogP contribution in [0.1, 0.15) is 11.1 Å². The molecular weight excluding hydrogens is 260 g/mol. The predicted molar refractivity (Wildman–Crippen MR) is 76.1 cm³/mol. The molecule has 1 fully saturated rings. The quantitative estimate of drug-likeness (QED) is 0.910. The Morgan fingerprint density at radius 1 is 1.26 bits per heavy atom. The molecule has 1 N–H and O–H groups in total. The van der Waals surface area contributed by atoms with E-state index in [0.29, 0.717) is 0 Å². The third-order valence-electron chi connectivity index (χ3n) is 2.96. The fourth-order valence-electron chi connectivity index (χ4n) is 2.06. The number of nitrogens with zero attached hydrogens (tertiary/aromatic N) is 1. The minimum Gasteiger partial charge on any atom is -0.466 e. The summed E-state index contributed by atoms with van der Waals surface area (Å²) in [5, 5.41) is 2.88. The van der Waals surface area contributed by atoms with Crippen molar-refractivity contribution in [1.82, 2.24) is 4.90 Å². The largest absolute Gasteiger partial charge is 0.466 e. The molecule has 2 heterocycles. The van der Waals surface area contributed by atoms with E-state index in [0.717, 1.165) is 23.7 Å². The molecule has 0 spiro atoms. The third-order valence-corrected chi connectivity index (χ3v) is 4.18. The van der Waals surface area contributed by atoms with Gasteiger partial charge in [-0.15, -0.1) is 11.8 Å². The maximum Gasteiger partial charge on any atom is 0.323 e. The topological polar surface area (TPSA) is 45.5 Å². The van der Waals surface area contributed by atoms with Gasteiger partial charge in [0.1, 0.15) is 11.1 Å². The van der Waals surface area contributed by atoms with Crippen LogP contribution < -0.4 is 5.32 Å². The van der Waals surface area contributed by atoms with E-state index >= 15 is 0 Å². The zero-order valence-electron chi connectivity index (χ0n) is 10.3. The minimum atomic E-state index is -0.0856. The second-order valence-corrected chi connectivity index (χ2v) is 5.42. The summed E-state index contributed by atoms with van der Waals surface area (Å²) in [7, 11) is 0. The van der Waals surface area contributed by atoms with Gasteiger partial charge < -0.3 is 14.6 Å². The molecule has 98 valence electrons. The second kappa shape index (κ2) is 5.40. The van der Waals surface area contributed by atoms with Gasteiger partial charge in [0.25, 0.3) is 0 Å². The zero-order valence-corrected chi connectivity index (χ0v) is 11.1. The highest BCUT2D eigenvalue weighted by Crippen LogP contribution is 2.38. The summed E-state index contributed by atoms with van der Waals surface area (Å²) in [5.41, 5.74) is 0.808. The van der Waals surface area contributed by atoms with Crippen LogP contribution in [0.3, 0.4) is 0 Å². The first-order valence-electron chi connectivity index (χ1n) is 6.12. The SMILES string of the molecule is O=C(Nc1ccccc1)N1CCSC1c1ccco1. The number of hydrogen-bond donors (Lipinski definition) is 1. The minimum absolute atomic E-state index is 0.0290. The molecule has 0 radical (unpaired) electrons. The normalized spacial score (nSPS) is 18.5. The van der Waals surface area contributed by atoms with Crippen molar-refractivity contribution in [2.75, 3.05) is 17.6 Å². The summed E-state index contributed by atoms with van der Waals surface area (Å²) >= 11 is 1.72. The summed E-state index contributed by atoms with van der Waals surface area (Å²) in [6.07, 6.45) is 1.64. The number of rotatable bonds is 2. The summed E-state index contributed by atoms with van der Waals surface area (Å²) in [6.45, 7) is 0.731. The molecular formula is C14H14N2O2S. The molecule has 1 aromatic carbocycles. The maximum atomic E-state index is 12.3. The van der Waals surface area contributed by atoms with Crippen molar-refractivity contribution in [2.45, 2.75) is 5.37 Å². The number of para-hydroxylation sites is 1. The molecule has 19 heavy (non-hydrogen) atoms. The smallest absolute Gasteiger partial charge is 0.323 e. The molecule has 0 bridgehead atoms. The van der Waals surface area contributed by atoms with Crippen LogP contribution in [0.4, 0.5) is 10.5 Å². The van der Waals surface area contributed by atoms with Crippen molar-refractivity contribution in [3.05, 3.63) is 54.5 Å². The van der Waals surface area contributed by atoms with E-state index in [9.17, 15) is 4.79 Å². The van der Waals surface area contributed by atoms with Gasteiger partial charge in [0, 0.05) is 18.0 Å². The zero-order chi connectivity index (χ0) is 13.1. The third kappa shape index (κ3) is 2.61. The molecule has 4 nitrogen and oxygen atoms in total. The van der Waals surface area contributed by atoms with E-state index in [2.05, 4.69) is 5.32 Å². The Balaban J connectivity index is 1.72. The Morgan fingerprint density at radius 3 is 2.84 bits per heavy atom. The number of hydrogen-bond acceptors (Lipinski definition) is 3. The second-order valence-electron chi connectivity index (χ2n) is 4.23. The van der Waals surface area contributed by atoms with Crippen LogP contribution in [-0.2, 0) is 0 Å². The van der Waals surface area contributed by atoms with E-state index in [4.69, 9.17) is 4.42 Å². The van der Waals surface area contributed by atoms with Crippen LogP contribution in [0.5, 0.6) is 0 Å². The molecule has 0 saturated carbocycles. The molecule has 2 amide bonds. The van der Waals surface area contributed by atoms with Gasteiger partial charge in [-0.25, -0.2) is 4.79 Å². The van der Waals surface area contributed by atoms with Crippen molar-refractivity contribution in [3.63, 3.8) is 0 Å². The van der Waals surface area contributed by atoms with Crippen LogP contribution in [0.15, 0.2) is 53.1 Å². The first-order chi connectivity index (χ1) is 9.34. The molecule has 1 aliphatic heterocycles. The van der Waals surface area contributed by atoms with Gasteiger partial charge in [-0.2, -0.15) is 0 Å². The number of benzene rings is 1. The molecule has 2 aromatic rings. The lowest BCUT2D eigenvalue weighted by Crippen LogP contribution is -2.34. The molecule has 1 saturated heterocycles. The first-order valence-corrected chi connectivity index (χ1v) is 7.17. The van der Waals surface area contributed by atoms with E-state index in [1.54, 1.807) is 22.9 Å². The van der Waals surface area contributed by atoms with Crippen LogP contribution in [0.25, 0.3) is 0 Å². The number of amides is 2. The summed E-state index contributed by atoms with van der Waals surface area (Å²) in [6, 6.07) is 13.2. The predicted octanol–water partition coefficient (Wildman–Crippen LogP) is 3.56. The van der Waals surface area contributed by atoms with Gasteiger partial charge >= 0.3 is 6.03 Å². The lowest BCUT2D eigenvalue weighted by atomic mass is 10.3. The van der Waals surface area contributed by atoms with Gasteiger partial charge in [-0.05, 0) is 24.3 Å². The van der Waals surface area contributed by atoms with Crippen molar-refractivity contribution >= 4 is 23.5 Å². The average Bonchev–Trinajstić information content (AvgIpc) is 3.10. The standard InChI is InChI=1S/C14H14N2O2S/c17-14(15-11-5-2-1-3-6-11)16-8-10-19-13(16)12-7-4-9-18-12/h1-7,9,13H,8,10H2,(H,15,17). The maximum absolute atomic E-state index is 12.3. The number of carbonyl (C=O) groups excluding carboxylic acids is 1. The van der Waals surface area contributed by atoms with Crippen LogP contribution in [-0.4, -0.2) is 23.2 Å². The van der Waals surface area contributed by atoms with Crippen LogP contribution in [0, 0.1) is 0 Å². The van der Waals surface area contributed by atoms with E-state index in [1.807, 2.05) is 42.5 Å². The van der Waals surface area contributed by atoms with Crippen LogP contribution in [0.2, 0.25) is 0 Å². The van der Waals surface area contributed by atoms with Crippen LogP contribution >= 0.6 is 11.8 Å². The van der Waals surface area contributed by atoms with Gasteiger partial charge in [-0.3, -0.25) is 0 Å². The lowest BCUT2D eigenvalue weighted by Gasteiger charge is -2.22. The number of nitrogens with one attached hydrogen (secondary N) is 1. The summed E-state index contributed by atoms with van der Waals surface area (Å²) < 4.78 is 5.41. The Bertz CT molecular complexity index is 542. The molecule has 1 aromatic heterocycles. The number of furan rings is 1. The van der Waals surface area contributed by atoms with Crippen molar-refractivity contribution in [3.8, 4) is 0 Å². The number of carbonyl (C=O) groups is 1. The Kier molecular flexibility index (Phi) is 3.46. The average molecular weight is 274 g/mol. The molecule has 1 aliphatic rings.